The van der Waals surface area contributed by atoms with Crippen LogP contribution in [0.5, 0.6) is 5.75 Å². The summed E-state index contributed by atoms with van der Waals surface area (Å²) in [5.74, 6) is 1.64. The van der Waals surface area contributed by atoms with E-state index in [4.69, 9.17) is 4.74 Å². The number of aromatic nitrogens is 2. The molecule has 26 heavy (non-hydrogen) atoms. The molecular weight excluding hydrogens is 350 g/mol. The number of aromatic amines is 1. The fraction of sp³-hybridized carbons (Fsp3) is 0.474. The summed E-state index contributed by atoms with van der Waals surface area (Å²) in [6.45, 7) is 2.49. The van der Waals surface area contributed by atoms with Crippen LogP contribution in [0.15, 0.2) is 29.1 Å². The van der Waals surface area contributed by atoms with E-state index in [9.17, 15) is 9.59 Å². The third kappa shape index (κ3) is 3.05. The Bertz CT molecular complexity index is 867. The highest BCUT2D eigenvalue weighted by molar-refractivity contribution is 8.00. The zero-order valence-corrected chi connectivity index (χ0v) is 15.6. The van der Waals surface area contributed by atoms with Gasteiger partial charge in [0.25, 0.3) is 5.56 Å². The molecule has 0 radical (unpaired) electrons. The number of H-pyrrole nitrogens is 1. The van der Waals surface area contributed by atoms with Crippen LogP contribution in [0.3, 0.4) is 0 Å². The van der Waals surface area contributed by atoms with Gasteiger partial charge in [0.2, 0.25) is 5.91 Å². The summed E-state index contributed by atoms with van der Waals surface area (Å²) in [6.07, 6.45) is 4.36. The molecule has 7 heteroatoms. The largest absolute Gasteiger partial charge is 0.494 e. The first kappa shape index (κ1) is 17.3. The molecule has 2 N–H and O–H groups in total. The minimum absolute atomic E-state index is 0.0709. The highest BCUT2D eigenvalue weighted by Crippen LogP contribution is 2.44. The van der Waals surface area contributed by atoms with E-state index in [0.717, 1.165) is 37.0 Å². The van der Waals surface area contributed by atoms with Gasteiger partial charge in [0.05, 0.1) is 29.2 Å². The lowest BCUT2D eigenvalue weighted by atomic mass is 10.0. The van der Waals surface area contributed by atoms with Crippen molar-refractivity contribution in [3.63, 3.8) is 0 Å². The smallest absolute Gasteiger partial charge is 0.270 e. The quantitative estimate of drug-likeness (QED) is 0.860. The maximum absolute atomic E-state index is 12.9. The third-order valence-corrected chi connectivity index (χ3v) is 6.31. The number of hydrogen-bond acceptors (Lipinski definition) is 4. The van der Waals surface area contributed by atoms with Crippen LogP contribution in [-0.2, 0) is 4.79 Å². The zero-order chi connectivity index (χ0) is 18.1. The monoisotopic (exact) mass is 373 g/mol. The van der Waals surface area contributed by atoms with Gasteiger partial charge in [0.15, 0.2) is 0 Å². The predicted molar refractivity (Wildman–Crippen MR) is 103 cm³/mol. The number of fused-ring (bicyclic) bond motifs is 1. The number of nitrogens with one attached hydrogen (secondary N) is 2. The van der Waals surface area contributed by atoms with E-state index < -0.39 is 0 Å². The summed E-state index contributed by atoms with van der Waals surface area (Å²) >= 11 is 1.47. The molecule has 1 aromatic heterocycles. The maximum Gasteiger partial charge on any atom is 0.270 e. The highest BCUT2D eigenvalue weighted by atomic mass is 32.2. The van der Waals surface area contributed by atoms with Crippen LogP contribution >= 0.6 is 11.8 Å². The van der Waals surface area contributed by atoms with E-state index in [1.165, 1.54) is 11.8 Å². The first-order valence-corrected chi connectivity index (χ1v) is 10.2. The molecule has 1 amide bonds. The lowest BCUT2D eigenvalue weighted by molar-refractivity contribution is -0.113. The SMILES string of the molecule is CCOc1ccccc1C1SCC(=O)Nc2c1c(=O)[nH]n2C1CCCC1. The van der Waals surface area contributed by atoms with Crippen molar-refractivity contribution in [2.24, 2.45) is 0 Å². The molecule has 6 nitrogen and oxygen atoms in total. The maximum atomic E-state index is 12.9. The van der Waals surface area contributed by atoms with Crippen molar-refractivity contribution in [3.05, 3.63) is 45.7 Å². The zero-order valence-electron chi connectivity index (χ0n) is 14.8. The molecule has 1 unspecified atom stereocenters. The predicted octanol–water partition coefficient (Wildman–Crippen LogP) is 3.46. The number of anilines is 1. The van der Waals surface area contributed by atoms with E-state index in [0.29, 0.717) is 23.7 Å². The van der Waals surface area contributed by atoms with E-state index in [-0.39, 0.29) is 22.8 Å². The van der Waals surface area contributed by atoms with Crippen LogP contribution in [0, 0.1) is 0 Å². The van der Waals surface area contributed by atoms with E-state index in [1.807, 2.05) is 35.9 Å². The number of thioether (sulfide) groups is 1. The Balaban J connectivity index is 1.84. The molecule has 1 atom stereocenters. The van der Waals surface area contributed by atoms with Crippen molar-refractivity contribution in [2.45, 2.75) is 43.9 Å². The molecule has 1 aliphatic carbocycles. The van der Waals surface area contributed by atoms with Crippen molar-refractivity contribution in [2.75, 3.05) is 17.7 Å². The van der Waals surface area contributed by atoms with Gasteiger partial charge in [-0.05, 0) is 25.8 Å². The van der Waals surface area contributed by atoms with Gasteiger partial charge in [-0.15, -0.1) is 11.8 Å². The molecule has 2 aromatic rings. The summed E-state index contributed by atoms with van der Waals surface area (Å²) in [5, 5.41) is 5.72. The standard InChI is InChI=1S/C19H23N3O3S/c1-2-25-14-10-6-5-9-13(14)17-16-18(20-15(23)11-26-17)22(21-19(16)24)12-7-3-4-8-12/h5-6,9-10,12,17H,2-4,7-8,11H2,1H3,(H,20,23)(H,21,24). The average molecular weight is 373 g/mol. The average Bonchev–Trinajstić information content (AvgIpc) is 3.22. The number of rotatable bonds is 4. The number of carbonyl (C=O) groups is 1. The van der Waals surface area contributed by atoms with Crippen LogP contribution in [-0.4, -0.2) is 28.0 Å². The number of ether oxygens (including phenoxy) is 1. The molecule has 2 aliphatic rings. The molecule has 1 aromatic carbocycles. The van der Waals surface area contributed by atoms with Crippen LogP contribution in [0.2, 0.25) is 0 Å². The Labute approximate surface area is 156 Å². The summed E-state index contributed by atoms with van der Waals surface area (Å²) in [7, 11) is 0. The molecule has 4 rings (SSSR count). The fourth-order valence-electron chi connectivity index (χ4n) is 3.91. The van der Waals surface area contributed by atoms with Gasteiger partial charge >= 0.3 is 0 Å². The van der Waals surface area contributed by atoms with E-state index in [2.05, 4.69) is 10.4 Å². The van der Waals surface area contributed by atoms with Crippen molar-refractivity contribution in [1.82, 2.24) is 9.78 Å². The molecule has 0 bridgehead atoms. The van der Waals surface area contributed by atoms with Crippen LogP contribution in [0.25, 0.3) is 0 Å². The van der Waals surface area contributed by atoms with Crippen molar-refractivity contribution < 1.29 is 9.53 Å². The van der Waals surface area contributed by atoms with E-state index in [1.54, 1.807) is 0 Å². The second-order valence-electron chi connectivity index (χ2n) is 6.72. The molecule has 2 heterocycles. The molecule has 138 valence electrons. The molecule has 1 fully saturated rings. The molecule has 0 spiro atoms. The number of para-hydroxylation sites is 1. The first-order chi connectivity index (χ1) is 12.7. The lowest BCUT2D eigenvalue weighted by Crippen LogP contribution is -2.18. The Morgan fingerprint density at radius 3 is 2.77 bits per heavy atom. The Morgan fingerprint density at radius 1 is 1.23 bits per heavy atom. The summed E-state index contributed by atoms with van der Waals surface area (Å²) in [5.41, 5.74) is 1.43. The number of nitrogens with zero attached hydrogens (tertiary/aromatic N) is 1. The Kier molecular flexibility index (Phi) is 4.80. The van der Waals surface area contributed by atoms with Crippen molar-refractivity contribution in [1.29, 1.82) is 0 Å². The lowest BCUT2D eigenvalue weighted by Gasteiger charge is -2.18. The van der Waals surface area contributed by atoms with E-state index >= 15 is 0 Å². The molecule has 1 saturated carbocycles. The van der Waals surface area contributed by atoms with Gasteiger partial charge in [-0.3, -0.25) is 19.4 Å². The number of hydrogen-bond donors (Lipinski definition) is 2. The van der Waals surface area contributed by atoms with Gasteiger partial charge in [0.1, 0.15) is 11.6 Å². The number of amides is 1. The minimum atomic E-state index is -0.238. The topological polar surface area (TPSA) is 76.1 Å². The van der Waals surface area contributed by atoms with Gasteiger partial charge in [-0.25, -0.2) is 0 Å². The van der Waals surface area contributed by atoms with Gasteiger partial charge in [-0.2, -0.15) is 0 Å². The number of benzene rings is 1. The molecule has 1 aliphatic heterocycles. The third-order valence-electron chi connectivity index (χ3n) is 5.05. The Hall–Kier alpha value is -2.15. The summed E-state index contributed by atoms with van der Waals surface area (Å²) < 4.78 is 7.68. The Morgan fingerprint density at radius 2 is 2.00 bits per heavy atom. The fourth-order valence-corrected chi connectivity index (χ4v) is 5.06. The minimum Gasteiger partial charge on any atom is -0.494 e. The summed E-state index contributed by atoms with van der Waals surface area (Å²) in [6, 6.07) is 8.02. The van der Waals surface area contributed by atoms with Crippen molar-refractivity contribution >= 4 is 23.5 Å². The van der Waals surface area contributed by atoms with Gasteiger partial charge in [0, 0.05) is 5.56 Å². The van der Waals surface area contributed by atoms with Gasteiger partial charge in [-0.1, -0.05) is 31.0 Å². The highest BCUT2D eigenvalue weighted by Gasteiger charge is 2.34. The number of carbonyl (C=O) groups excluding carboxylic acids is 1. The van der Waals surface area contributed by atoms with Crippen LogP contribution in [0.1, 0.15) is 55.0 Å². The van der Waals surface area contributed by atoms with Crippen LogP contribution in [0.4, 0.5) is 5.82 Å². The first-order valence-electron chi connectivity index (χ1n) is 9.16. The van der Waals surface area contributed by atoms with Crippen LogP contribution < -0.4 is 15.6 Å². The summed E-state index contributed by atoms with van der Waals surface area (Å²) in [4.78, 5) is 25.2. The van der Waals surface area contributed by atoms with Crippen molar-refractivity contribution in [3.8, 4) is 5.75 Å². The normalized spacial score (nSPS) is 20.5. The van der Waals surface area contributed by atoms with Gasteiger partial charge < -0.3 is 10.1 Å². The molecular formula is C19H23N3O3S. The molecule has 0 saturated heterocycles. The second kappa shape index (κ2) is 7.23. The second-order valence-corrected chi connectivity index (χ2v) is 7.81.